The Morgan fingerprint density at radius 2 is 2.17 bits per heavy atom. The van der Waals surface area contributed by atoms with Gasteiger partial charge in [0.05, 0.1) is 5.70 Å². The Bertz CT molecular complexity index is 188. The fourth-order valence-electron chi connectivity index (χ4n) is 0.295. The summed E-state index contributed by atoms with van der Waals surface area (Å²) in [6, 6.07) is 0. The molecule has 5 heteroatoms. The lowest BCUT2D eigenvalue weighted by atomic mass is 10.7. The lowest BCUT2D eigenvalue weighted by molar-refractivity contribution is -0.142. The van der Waals surface area contributed by atoms with E-state index in [0.29, 0.717) is 12.3 Å². The van der Waals surface area contributed by atoms with Crippen molar-refractivity contribution >= 4 is 11.9 Å². The molecule has 2 N–H and O–H groups in total. The van der Waals surface area contributed by atoms with Crippen molar-refractivity contribution in [2.24, 2.45) is 0 Å². The molecular weight excluding hydrogens is 162 g/mol. The second-order valence-electron chi connectivity index (χ2n) is 1.96. The number of carbonyl (C=O) groups is 2. The number of carbonyl (C=O) groups excluding carboxylic acids is 1. The highest BCUT2D eigenvalue weighted by Crippen LogP contribution is 1.96. The fourth-order valence-corrected chi connectivity index (χ4v) is 0.295. The van der Waals surface area contributed by atoms with E-state index in [1.807, 2.05) is 0 Å². The van der Waals surface area contributed by atoms with E-state index in [0.717, 1.165) is 0 Å². The molecule has 1 rings (SSSR count). The Balaban J connectivity index is 0.000000211. The number of hydrogen-bond acceptors (Lipinski definition) is 3. The zero-order valence-electron chi connectivity index (χ0n) is 6.79. The van der Waals surface area contributed by atoms with E-state index in [2.05, 4.69) is 16.6 Å². The van der Waals surface area contributed by atoms with Gasteiger partial charge in [-0.2, -0.15) is 0 Å². The average Bonchev–Trinajstić information content (AvgIpc) is 2.62. The summed E-state index contributed by atoms with van der Waals surface area (Å²) in [6.45, 7) is 5.32. The highest BCUT2D eigenvalue weighted by molar-refractivity contribution is 6.09. The zero-order valence-corrected chi connectivity index (χ0v) is 6.79. The van der Waals surface area contributed by atoms with Crippen LogP contribution in [0.15, 0.2) is 12.3 Å². The van der Waals surface area contributed by atoms with Crippen molar-refractivity contribution in [3.8, 4) is 0 Å². The number of rotatable bonds is 3. The first-order valence-corrected chi connectivity index (χ1v) is 3.37. The number of carboxylic acids is 1. The second kappa shape index (κ2) is 5.31. The molecule has 1 heterocycles. The standard InChI is InChI=1S/C4H8O3.C3H3NO/c1-2-7-3-4(5)6;1-2-3(5)4-2/h2-3H2,1H3,(H,5,6);1H2,(H,4,5). The molecule has 0 aliphatic carbocycles. The lowest BCUT2D eigenvalue weighted by Crippen LogP contribution is -2.05. The van der Waals surface area contributed by atoms with E-state index in [-0.39, 0.29) is 12.5 Å². The number of aliphatic carboxylic acids is 1. The maximum absolute atomic E-state index is 9.68. The number of amides is 1. The summed E-state index contributed by atoms with van der Waals surface area (Å²) in [5.41, 5.74) is 0.532. The van der Waals surface area contributed by atoms with Crippen molar-refractivity contribution in [3.05, 3.63) is 12.3 Å². The fraction of sp³-hybridized carbons (Fsp3) is 0.429. The largest absolute Gasteiger partial charge is 0.480 e. The molecule has 68 valence electrons. The number of ether oxygens (including phenoxy) is 1. The minimum Gasteiger partial charge on any atom is -0.480 e. The molecule has 1 aliphatic rings. The van der Waals surface area contributed by atoms with Gasteiger partial charge in [0, 0.05) is 6.61 Å². The molecule has 0 aromatic heterocycles. The molecule has 1 fully saturated rings. The topological polar surface area (TPSA) is 85.5 Å². The van der Waals surface area contributed by atoms with Crippen LogP contribution in [0.2, 0.25) is 0 Å². The van der Waals surface area contributed by atoms with Crippen LogP contribution in [0, 0.1) is 0 Å². The van der Waals surface area contributed by atoms with Gasteiger partial charge in [-0.1, -0.05) is 6.58 Å². The number of carboxylic acid groups (broad SMARTS) is 1. The molecule has 0 radical (unpaired) electrons. The van der Waals surface area contributed by atoms with Crippen molar-refractivity contribution in [3.63, 3.8) is 0 Å². The van der Waals surface area contributed by atoms with Gasteiger partial charge in [-0.05, 0) is 6.92 Å². The van der Waals surface area contributed by atoms with Crippen molar-refractivity contribution < 1.29 is 19.4 Å². The summed E-state index contributed by atoms with van der Waals surface area (Å²) in [4.78, 5) is 19.3. The van der Waals surface area contributed by atoms with Crippen molar-refractivity contribution in [2.75, 3.05) is 13.2 Å². The quantitative estimate of drug-likeness (QED) is 0.454. The van der Waals surface area contributed by atoms with Crippen LogP contribution >= 0.6 is 0 Å². The van der Waals surface area contributed by atoms with Gasteiger partial charge in [-0.15, -0.1) is 0 Å². The van der Waals surface area contributed by atoms with Crippen molar-refractivity contribution in [1.82, 2.24) is 5.32 Å². The van der Waals surface area contributed by atoms with Crippen LogP contribution < -0.4 is 5.32 Å². The van der Waals surface area contributed by atoms with Gasteiger partial charge >= 0.3 is 5.97 Å². The summed E-state index contributed by atoms with van der Waals surface area (Å²) in [6.07, 6.45) is 0. The Morgan fingerprint density at radius 3 is 2.25 bits per heavy atom. The van der Waals surface area contributed by atoms with E-state index < -0.39 is 5.97 Å². The molecule has 5 nitrogen and oxygen atoms in total. The summed E-state index contributed by atoms with van der Waals surface area (Å²) >= 11 is 0. The van der Waals surface area contributed by atoms with Gasteiger partial charge < -0.3 is 15.2 Å². The van der Waals surface area contributed by atoms with E-state index >= 15 is 0 Å². The monoisotopic (exact) mass is 173 g/mol. The summed E-state index contributed by atoms with van der Waals surface area (Å²) in [5.74, 6) is -0.938. The second-order valence-corrected chi connectivity index (χ2v) is 1.96. The van der Waals surface area contributed by atoms with Crippen LogP contribution in [0.25, 0.3) is 0 Å². The van der Waals surface area contributed by atoms with Crippen LogP contribution in [-0.4, -0.2) is 30.2 Å². The normalized spacial score (nSPS) is 12.8. The lowest BCUT2D eigenvalue weighted by Gasteiger charge is -1.90. The van der Waals surface area contributed by atoms with E-state index in [1.165, 1.54) is 0 Å². The molecule has 0 saturated carbocycles. The molecule has 0 aromatic carbocycles. The van der Waals surface area contributed by atoms with Crippen LogP contribution in [0.5, 0.6) is 0 Å². The van der Waals surface area contributed by atoms with Crippen LogP contribution in [0.3, 0.4) is 0 Å². The summed E-state index contributed by atoms with van der Waals surface area (Å²) in [7, 11) is 0. The highest BCUT2D eigenvalue weighted by atomic mass is 16.5. The Labute approximate surface area is 70.0 Å². The first kappa shape index (κ1) is 10.6. The smallest absolute Gasteiger partial charge is 0.329 e. The van der Waals surface area contributed by atoms with Gasteiger partial charge in [0.2, 0.25) is 0 Å². The van der Waals surface area contributed by atoms with Gasteiger partial charge in [0.1, 0.15) is 6.61 Å². The molecular formula is C7H11NO4. The summed E-state index contributed by atoms with van der Waals surface area (Å²) in [5, 5.41) is 10.3. The molecule has 1 aliphatic heterocycles. The first-order chi connectivity index (χ1) is 5.57. The van der Waals surface area contributed by atoms with Gasteiger partial charge in [-0.3, -0.25) is 4.79 Å². The third-order valence-corrected chi connectivity index (χ3v) is 0.906. The average molecular weight is 173 g/mol. The van der Waals surface area contributed by atoms with E-state index in [1.54, 1.807) is 6.92 Å². The molecule has 0 bridgehead atoms. The SMILES string of the molecule is C=C1NC1=O.CCOCC(=O)O. The number of nitrogens with one attached hydrogen (secondary N) is 1. The highest BCUT2D eigenvalue weighted by Gasteiger charge is 2.20. The third kappa shape index (κ3) is 6.76. The van der Waals surface area contributed by atoms with Gasteiger partial charge in [-0.25, -0.2) is 4.79 Å². The Kier molecular flexibility index (Phi) is 4.71. The van der Waals surface area contributed by atoms with Gasteiger partial charge in [0.15, 0.2) is 0 Å². The molecule has 0 unspecified atom stereocenters. The minimum atomic E-state index is -0.915. The molecule has 1 amide bonds. The third-order valence-electron chi connectivity index (χ3n) is 0.906. The predicted octanol–water partition coefficient (Wildman–Crippen LogP) is -0.263. The maximum atomic E-state index is 9.68. The van der Waals surface area contributed by atoms with Crippen LogP contribution in [0.4, 0.5) is 0 Å². The zero-order chi connectivity index (χ0) is 9.56. The Morgan fingerprint density at radius 1 is 1.75 bits per heavy atom. The Hall–Kier alpha value is -1.36. The van der Waals surface area contributed by atoms with Crippen molar-refractivity contribution in [1.29, 1.82) is 0 Å². The molecule has 0 aromatic rings. The number of hydrogen-bond donors (Lipinski definition) is 2. The van der Waals surface area contributed by atoms with Gasteiger partial charge in [0.25, 0.3) is 5.91 Å². The molecule has 12 heavy (non-hydrogen) atoms. The van der Waals surface area contributed by atoms with Crippen molar-refractivity contribution in [2.45, 2.75) is 6.92 Å². The molecule has 0 atom stereocenters. The minimum absolute atomic E-state index is 0.0231. The molecule has 1 saturated heterocycles. The van der Waals surface area contributed by atoms with E-state index in [9.17, 15) is 9.59 Å². The van der Waals surface area contributed by atoms with E-state index in [4.69, 9.17) is 5.11 Å². The summed E-state index contributed by atoms with van der Waals surface area (Å²) < 4.78 is 4.50. The predicted molar refractivity (Wildman–Crippen MR) is 41.4 cm³/mol. The van der Waals surface area contributed by atoms with Crippen LogP contribution in [0.1, 0.15) is 6.92 Å². The first-order valence-electron chi connectivity index (χ1n) is 3.37. The maximum Gasteiger partial charge on any atom is 0.329 e. The molecule has 0 spiro atoms. The van der Waals surface area contributed by atoms with Crippen LogP contribution in [-0.2, 0) is 14.3 Å².